The molecule has 32 heavy (non-hydrogen) atoms. The maximum absolute atomic E-state index is 12.6. The zero-order chi connectivity index (χ0) is 22.9. The smallest absolute Gasteiger partial charge is 0.319 e. The van der Waals surface area contributed by atoms with Crippen molar-refractivity contribution in [2.75, 3.05) is 19.0 Å². The van der Waals surface area contributed by atoms with Gasteiger partial charge in [-0.1, -0.05) is 52.3 Å². The van der Waals surface area contributed by atoms with Crippen LogP contribution in [0.3, 0.4) is 0 Å². The monoisotopic (exact) mass is 434 g/mol. The Morgan fingerprint density at radius 1 is 1.12 bits per heavy atom. The lowest BCUT2D eigenvalue weighted by Gasteiger charge is -2.55. The summed E-state index contributed by atoms with van der Waals surface area (Å²) in [5, 5.41) is 6.15. The summed E-state index contributed by atoms with van der Waals surface area (Å²) in [5.41, 5.74) is 5.59. The minimum absolute atomic E-state index is 0.0959. The van der Waals surface area contributed by atoms with E-state index in [0.717, 1.165) is 24.3 Å². The Morgan fingerprint density at radius 3 is 2.56 bits per heavy atom. The van der Waals surface area contributed by atoms with Gasteiger partial charge in [-0.15, -0.1) is 0 Å². The van der Waals surface area contributed by atoms with Crippen LogP contribution in [0, 0.1) is 11.3 Å². The number of fused-ring (bicyclic) bond motifs is 3. The van der Waals surface area contributed by atoms with Gasteiger partial charge in [-0.3, -0.25) is 0 Å². The molecule has 2 aromatic rings. The van der Waals surface area contributed by atoms with Gasteiger partial charge in [-0.2, -0.15) is 0 Å². The fourth-order valence-corrected chi connectivity index (χ4v) is 6.35. The summed E-state index contributed by atoms with van der Waals surface area (Å²) in [7, 11) is 1.64. The second kappa shape index (κ2) is 8.80. The lowest BCUT2D eigenvalue weighted by Crippen LogP contribution is -2.53. The average Bonchev–Trinajstić information content (AvgIpc) is 2.78. The molecule has 4 heteroatoms. The number of rotatable bonds is 5. The van der Waals surface area contributed by atoms with Gasteiger partial charge in [0.2, 0.25) is 0 Å². The van der Waals surface area contributed by atoms with Crippen LogP contribution in [-0.2, 0) is 11.8 Å². The fraction of sp³-hybridized carbons (Fsp3) is 0.536. The van der Waals surface area contributed by atoms with Crippen molar-refractivity contribution >= 4 is 11.7 Å². The van der Waals surface area contributed by atoms with Crippen molar-refractivity contribution < 1.29 is 9.53 Å². The number of nitrogens with one attached hydrogen (secondary N) is 2. The number of hydrogen-bond donors (Lipinski definition) is 2. The minimum Gasteiger partial charge on any atom is -0.497 e. The van der Waals surface area contributed by atoms with Crippen LogP contribution in [0.1, 0.15) is 76.0 Å². The van der Waals surface area contributed by atoms with E-state index in [1.807, 2.05) is 24.3 Å². The molecule has 2 N–H and O–H groups in total. The SMILES string of the molecule is COc1ccc(NC(=O)NC[C@@]2(C)CCC[C@]3(C)c4ccc(C(C)C)cc4CC[C@@H]23)cc1. The number of benzene rings is 2. The Kier molecular flexibility index (Phi) is 6.24. The van der Waals surface area contributed by atoms with E-state index in [2.05, 4.69) is 56.5 Å². The van der Waals surface area contributed by atoms with Crippen LogP contribution in [0.4, 0.5) is 10.5 Å². The Bertz CT molecular complexity index is 968. The third-order valence-electron chi connectivity index (χ3n) is 8.17. The Hall–Kier alpha value is -2.49. The highest BCUT2D eigenvalue weighted by molar-refractivity contribution is 5.89. The predicted octanol–water partition coefficient (Wildman–Crippen LogP) is 6.65. The topological polar surface area (TPSA) is 50.4 Å². The van der Waals surface area contributed by atoms with Crippen LogP contribution < -0.4 is 15.4 Å². The number of aryl methyl sites for hydroxylation is 1. The van der Waals surface area contributed by atoms with Gasteiger partial charge in [0.05, 0.1) is 7.11 Å². The number of amides is 2. The fourth-order valence-electron chi connectivity index (χ4n) is 6.35. The van der Waals surface area contributed by atoms with E-state index in [4.69, 9.17) is 4.74 Å². The van der Waals surface area contributed by atoms with Gasteiger partial charge in [0, 0.05) is 12.2 Å². The highest BCUT2D eigenvalue weighted by Gasteiger charge is 2.51. The average molecular weight is 435 g/mol. The molecule has 0 aromatic heterocycles. The first-order chi connectivity index (χ1) is 15.2. The number of urea groups is 1. The van der Waals surface area contributed by atoms with Crippen molar-refractivity contribution in [2.24, 2.45) is 11.3 Å². The number of carbonyl (C=O) groups excluding carboxylic acids is 1. The zero-order valence-electron chi connectivity index (χ0n) is 20.3. The first kappa shape index (κ1) is 22.7. The molecule has 0 heterocycles. The molecular formula is C28H38N2O2. The second-order valence-electron chi connectivity index (χ2n) is 10.6. The highest BCUT2D eigenvalue weighted by atomic mass is 16.5. The summed E-state index contributed by atoms with van der Waals surface area (Å²) in [6.45, 7) is 10.1. The number of methoxy groups -OCH3 is 1. The molecule has 2 aliphatic rings. The largest absolute Gasteiger partial charge is 0.497 e. The summed E-state index contributed by atoms with van der Waals surface area (Å²) in [5.74, 6) is 1.92. The van der Waals surface area contributed by atoms with Crippen LogP contribution in [0.2, 0.25) is 0 Å². The maximum Gasteiger partial charge on any atom is 0.319 e. The van der Waals surface area contributed by atoms with E-state index < -0.39 is 0 Å². The molecule has 2 amide bonds. The molecule has 2 aliphatic carbocycles. The normalized spacial score (nSPS) is 26.8. The predicted molar refractivity (Wildman–Crippen MR) is 132 cm³/mol. The van der Waals surface area contributed by atoms with E-state index in [0.29, 0.717) is 18.4 Å². The number of hydrogen-bond acceptors (Lipinski definition) is 2. The first-order valence-electron chi connectivity index (χ1n) is 12.1. The Labute approximate surface area is 193 Å². The molecule has 0 spiro atoms. The molecule has 1 saturated carbocycles. The van der Waals surface area contributed by atoms with Gasteiger partial charge >= 0.3 is 6.03 Å². The van der Waals surface area contributed by atoms with E-state index in [-0.39, 0.29) is 16.9 Å². The standard InChI is InChI=1S/C28H38N2O2/c1-19(2)20-7-13-24-21(17-20)8-14-25-27(3,15-6-16-28(24,25)4)18-29-26(31)30-22-9-11-23(32-5)12-10-22/h7,9-13,17,19,25H,6,8,14-16,18H2,1-5H3,(H2,29,30,31)/t25-,27+,28+/m0/s1. The molecule has 0 radical (unpaired) electrons. The molecule has 1 fully saturated rings. The maximum atomic E-state index is 12.6. The molecule has 0 aliphatic heterocycles. The molecule has 0 saturated heterocycles. The van der Waals surface area contributed by atoms with Gasteiger partial charge in [0.25, 0.3) is 0 Å². The van der Waals surface area contributed by atoms with Gasteiger partial charge < -0.3 is 15.4 Å². The molecule has 4 rings (SSSR count). The van der Waals surface area contributed by atoms with Crippen molar-refractivity contribution in [2.45, 2.75) is 71.1 Å². The van der Waals surface area contributed by atoms with Crippen LogP contribution in [0.25, 0.3) is 0 Å². The Balaban J connectivity index is 1.47. The van der Waals surface area contributed by atoms with E-state index >= 15 is 0 Å². The molecule has 172 valence electrons. The molecule has 4 nitrogen and oxygen atoms in total. The number of ether oxygens (including phenoxy) is 1. The third kappa shape index (κ3) is 4.24. The van der Waals surface area contributed by atoms with Crippen LogP contribution in [-0.4, -0.2) is 19.7 Å². The van der Waals surface area contributed by atoms with Crippen LogP contribution >= 0.6 is 0 Å². The van der Waals surface area contributed by atoms with E-state index in [1.165, 1.54) is 24.8 Å². The number of carbonyl (C=O) groups is 1. The lowest BCUT2D eigenvalue weighted by atomic mass is 9.49. The van der Waals surface area contributed by atoms with E-state index in [9.17, 15) is 4.79 Å². The van der Waals surface area contributed by atoms with Gasteiger partial charge in [-0.25, -0.2) is 4.79 Å². The van der Waals surface area contributed by atoms with Crippen molar-refractivity contribution in [1.82, 2.24) is 5.32 Å². The molecule has 3 atom stereocenters. The van der Waals surface area contributed by atoms with Crippen LogP contribution in [0.15, 0.2) is 42.5 Å². The van der Waals surface area contributed by atoms with Crippen LogP contribution in [0.5, 0.6) is 5.75 Å². The lowest BCUT2D eigenvalue weighted by molar-refractivity contribution is 0.0281. The third-order valence-corrected chi connectivity index (χ3v) is 8.17. The summed E-state index contributed by atoms with van der Waals surface area (Å²) in [4.78, 5) is 12.6. The van der Waals surface area contributed by atoms with Gasteiger partial charge in [-0.05, 0) is 89.3 Å². The zero-order valence-corrected chi connectivity index (χ0v) is 20.3. The molecule has 0 unspecified atom stereocenters. The number of anilines is 1. The van der Waals surface area contributed by atoms with Crippen molar-refractivity contribution in [3.8, 4) is 5.75 Å². The van der Waals surface area contributed by atoms with Gasteiger partial charge in [0.15, 0.2) is 0 Å². The molecule has 0 bridgehead atoms. The second-order valence-corrected chi connectivity index (χ2v) is 10.6. The quantitative estimate of drug-likeness (QED) is 0.553. The summed E-state index contributed by atoms with van der Waals surface area (Å²) in [6.07, 6.45) is 5.94. The summed E-state index contributed by atoms with van der Waals surface area (Å²) < 4.78 is 5.19. The van der Waals surface area contributed by atoms with Crippen molar-refractivity contribution in [1.29, 1.82) is 0 Å². The summed E-state index contributed by atoms with van der Waals surface area (Å²) >= 11 is 0. The summed E-state index contributed by atoms with van der Waals surface area (Å²) in [6, 6.07) is 14.5. The molecule has 2 aromatic carbocycles. The highest BCUT2D eigenvalue weighted by Crippen LogP contribution is 2.57. The Morgan fingerprint density at radius 2 is 1.88 bits per heavy atom. The molecular weight excluding hydrogens is 396 g/mol. The minimum atomic E-state index is -0.138. The van der Waals surface area contributed by atoms with Crippen molar-refractivity contribution in [3.63, 3.8) is 0 Å². The van der Waals surface area contributed by atoms with E-state index in [1.54, 1.807) is 18.2 Å². The first-order valence-corrected chi connectivity index (χ1v) is 12.1. The van der Waals surface area contributed by atoms with Gasteiger partial charge in [0.1, 0.15) is 5.75 Å². The van der Waals surface area contributed by atoms with Crippen molar-refractivity contribution in [3.05, 3.63) is 59.2 Å².